The number of nitrogens with zero attached hydrogens (tertiary/aromatic N) is 1. The van der Waals surface area contributed by atoms with Crippen LogP contribution in [0.5, 0.6) is 0 Å². The average molecular weight is 594 g/mol. The quantitative estimate of drug-likeness (QED) is 0.134. The van der Waals surface area contributed by atoms with Gasteiger partial charge in [-0.2, -0.15) is 0 Å². The van der Waals surface area contributed by atoms with Crippen LogP contribution in [0.15, 0.2) is 169 Å². The van der Waals surface area contributed by atoms with Gasteiger partial charge in [0.25, 0.3) is 0 Å². The van der Waals surface area contributed by atoms with E-state index in [1.165, 1.54) is 66.3 Å². The van der Waals surface area contributed by atoms with Crippen molar-refractivity contribution in [2.24, 2.45) is 5.73 Å². The van der Waals surface area contributed by atoms with E-state index < -0.39 is 0 Å². The maximum Gasteiger partial charge on any atom is 0.0619 e. The average Bonchev–Trinajstić information content (AvgIpc) is 3.43. The van der Waals surface area contributed by atoms with Gasteiger partial charge < -0.3 is 15.7 Å². The van der Waals surface area contributed by atoms with E-state index in [0.29, 0.717) is 11.3 Å². The smallest absolute Gasteiger partial charge is 0.0619 e. The SMILES string of the molecule is C=C(/C=C(/C)C=N)/C(N)=C/C=C\Cc1ccc2c3ccc4cc(-c5ccc6ccccc6c5)ccc4c3n(-c3ccccc3)c2c1. The Morgan fingerprint density at radius 3 is 2.22 bits per heavy atom. The molecule has 0 fully saturated rings. The van der Waals surface area contributed by atoms with Gasteiger partial charge in [0.2, 0.25) is 0 Å². The van der Waals surface area contributed by atoms with Crippen molar-refractivity contribution in [3.05, 3.63) is 175 Å². The number of fused-ring (bicyclic) bond motifs is 6. The molecule has 0 spiro atoms. The van der Waals surface area contributed by atoms with Crippen molar-refractivity contribution in [1.29, 1.82) is 5.41 Å². The zero-order valence-corrected chi connectivity index (χ0v) is 25.9. The summed E-state index contributed by atoms with van der Waals surface area (Å²) < 4.78 is 2.41. The third-order valence-electron chi connectivity index (χ3n) is 8.67. The number of benzene rings is 6. The Hall–Kier alpha value is -5.93. The van der Waals surface area contributed by atoms with Gasteiger partial charge in [-0.05, 0) is 99.8 Å². The fourth-order valence-electron chi connectivity index (χ4n) is 6.29. The normalized spacial score (nSPS) is 12.5. The van der Waals surface area contributed by atoms with Crippen LogP contribution in [0.1, 0.15) is 12.5 Å². The number of nitrogens with two attached hydrogens (primary N) is 1. The summed E-state index contributed by atoms with van der Waals surface area (Å²) in [6.07, 6.45) is 9.85. The lowest BCUT2D eigenvalue weighted by Crippen LogP contribution is -1.98. The Kier molecular flexibility index (Phi) is 7.66. The molecule has 6 aromatic carbocycles. The van der Waals surface area contributed by atoms with Crippen molar-refractivity contribution in [3.8, 4) is 16.8 Å². The summed E-state index contributed by atoms with van der Waals surface area (Å²) in [5.41, 5.74) is 15.5. The molecule has 1 heterocycles. The van der Waals surface area contributed by atoms with Gasteiger partial charge in [-0.1, -0.05) is 110 Å². The van der Waals surface area contributed by atoms with Crippen molar-refractivity contribution in [2.45, 2.75) is 13.3 Å². The molecule has 7 rings (SSSR count). The lowest BCUT2D eigenvalue weighted by Gasteiger charge is -2.11. The Morgan fingerprint density at radius 1 is 0.739 bits per heavy atom. The second-order valence-corrected chi connectivity index (χ2v) is 11.8. The first-order valence-corrected chi connectivity index (χ1v) is 15.5. The van der Waals surface area contributed by atoms with Gasteiger partial charge in [0.15, 0.2) is 0 Å². The van der Waals surface area contributed by atoms with Gasteiger partial charge in [-0.15, -0.1) is 0 Å². The summed E-state index contributed by atoms with van der Waals surface area (Å²) in [5, 5.41) is 14.8. The molecule has 3 heteroatoms. The summed E-state index contributed by atoms with van der Waals surface area (Å²) in [4.78, 5) is 0. The first-order valence-electron chi connectivity index (χ1n) is 15.5. The minimum atomic E-state index is 0.591. The van der Waals surface area contributed by atoms with Gasteiger partial charge in [0.1, 0.15) is 0 Å². The molecule has 3 N–H and O–H groups in total. The molecular weight excluding hydrogens is 558 g/mol. The van der Waals surface area contributed by atoms with Crippen LogP contribution in [0.3, 0.4) is 0 Å². The topological polar surface area (TPSA) is 54.8 Å². The van der Waals surface area contributed by atoms with Crippen molar-refractivity contribution >= 4 is 49.6 Å². The summed E-state index contributed by atoms with van der Waals surface area (Å²) in [6.45, 7) is 5.88. The molecule has 222 valence electrons. The van der Waals surface area contributed by atoms with E-state index >= 15 is 0 Å². The van der Waals surface area contributed by atoms with E-state index in [-0.39, 0.29) is 0 Å². The molecule has 0 bridgehead atoms. The molecule has 3 nitrogen and oxygen atoms in total. The minimum absolute atomic E-state index is 0.591. The van der Waals surface area contributed by atoms with Gasteiger partial charge in [-0.3, -0.25) is 0 Å². The van der Waals surface area contributed by atoms with Crippen molar-refractivity contribution in [1.82, 2.24) is 4.57 Å². The molecule has 1 aromatic heterocycles. The third kappa shape index (κ3) is 5.44. The van der Waals surface area contributed by atoms with Crippen molar-refractivity contribution in [2.75, 3.05) is 0 Å². The number of allylic oxidation sites excluding steroid dienone is 5. The summed E-state index contributed by atoms with van der Waals surface area (Å²) in [5.74, 6) is 0. The predicted molar refractivity (Wildman–Crippen MR) is 198 cm³/mol. The maximum absolute atomic E-state index is 7.36. The first kappa shape index (κ1) is 28.8. The highest BCUT2D eigenvalue weighted by Crippen LogP contribution is 2.38. The van der Waals surface area contributed by atoms with Crippen molar-refractivity contribution < 1.29 is 0 Å². The van der Waals surface area contributed by atoms with Crippen LogP contribution in [-0.2, 0) is 6.42 Å². The van der Waals surface area contributed by atoms with Gasteiger partial charge in [-0.25, -0.2) is 0 Å². The molecule has 46 heavy (non-hydrogen) atoms. The molecule has 7 aromatic rings. The molecule has 0 radical (unpaired) electrons. The molecule has 0 aliphatic carbocycles. The van der Waals surface area contributed by atoms with Crippen LogP contribution in [0.4, 0.5) is 0 Å². The zero-order chi connectivity index (χ0) is 31.6. The van der Waals surface area contributed by atoms with E-state index in [2.05, 4.69) is 139 Å². The Labute approximate surface area is 269 Å². The first-order chi connectivity index (χ1) is 22.5. The molecule has 0 aliphatic rings. The highest BCUT2D eigenvalue weighted by Gasteiger charge is 2.16. The number of hydrogen-bond acceptors (Lipinski definition) is 2. The highest BCUT2D eigenvalue weighted by atomic mass is 15.0. The Bertz CT molecular complexity index is 2380. The lowest BCUT2D eigenvalue weighted by molar-refractivity contribution is 1.18. The molecule has 0 saturated heterocycles. The second-order valence-electron chi connectivity index (χ2n) is 11.8. The Morgan fingerprint density at radius 2 is 1.41 bits per heavy atom. The molecule has 0 unspecified atom stereocenters. The zero-order valence-electron chi connectivity index (χ0n) is 25.9. The minimum Gasteiger partial charge on any atom is -0.398 e. The van der Waals surface area contributed by atoms with Crippen LogP contribution >= 0.6 is 0 Å². The van der Waals surface area contributed by atoms with Gasteiger partial charge in [0, 0.05) is 33.8 Å². The second kappa shape index (κ2) is 12.2. The van der Waals surface area contributed by atoms with E-state index in [4.69, 9.17) is 11.1 Å². The van der Waals surface area contributed by atoms with Crippen LogP contribution in [0.25, 0.3) is 60.2 Å². The fraction of sp³-hybridized carbons (Fsp3) is 0.0465. The number of hydrogen-bond donors (Lipinski definition) is 2. The van der Waals surface area contributed by atoms with Crippen LogP contribution < -0.4 is 5.73 Å². The molecular formula is C43H35N3. The summed E-state index contributed by atoms with van der Waals surface area (Å²) >= 11 is 0. The number of nitrogens with one attached hydrogen (secondary N) is 1. The van der Waals surface area contributed by atoms with Gasteiger partial charge in [0.05, 0.1) is 11.0 Å². The largest absolute Gasteiger partial charge is 0.398 e. The lowest BCUT2D eigenvalue weighted by atomic mass is 9.97. The van der Waals surface area contributed by atoms with E-state index in [0.717, 1.165) is 17.7 Å². The monoisotopic (exact) mass is 593 g/mol. The number of para-hydroxylation sites is 1. The van der Waals surface area contributed by atoms with Crippen LogP contribution in [0, 0.1) is 5.41 Å². The summed E-state index contributed by atoms with van der Waals surface area (Å²) in [6, 6.07) is 44.0. The predicted octanol–water partition coefficient (Wildman–Crippen LogP) is 10.9. The number of rotatable bonds is 8. The van der Waals surface area contributed by atoms with E-state index in [9.17, 15) is 0 Å². The molecule has 0 amide bonds. The molecule has 0 aliphatic heterocycles. The van der Waals surface area contributed by atoms with Gasteiger partial charge >= 0.3 is 0 Å². The number of aromatic nitrogens is 1. The third-order valence-corrected chi connectivity index (χ3v) is 8.67. The maximum atomic E-state index is 7.36. The van der Waals surface area contributed by atoms with E-state index in [1.807, 2.05) is 25.2 Å². The molecule has 0 saturated carbocycles. The highest BCUT2D eigenvalue weighted by molar-refractivity contribution is 6.19. The fourth-order valence-corrected chi connectivity index (χ4v) is 6.29. The molecule has 0 atom stereocenters. The van der Waals surface area contributed by atoms with Crippen LogP contribution in [0.2, 0.25) is 0 Å². The Balaban J connectivity index is 1.31. The van der Waals surface area contributed by atoms with Crippen molar-refractivity contribution in [3.63, 3.8) is 0 Å². The van der Waals surface area contributed by atoms with E-state index in [1.54, 1.807) is 0 Å². The standard InChI is InChI=1S/C43H35N3/c1-29(28-44)24-30(2)41(45)15-9-6-10-31-16-21-39-40-23-20-36-27-35(34-18-17-32-11-7-8-12-33(32)26-34)19-22-38(36)43(40)46(42(39)25-31)37-13-4-3-5-14-37/h3-9,11-28,44H,2,10,45H2,1H3/b9-6-,29-24-,41-15-,44-28?. The van der Waals surface area contributed by atoms with Crippen LogP contribution in [-0.4, -0.2) is 10.8 Å². The summed E-state index contributed by atoms with van der Waals surface area (Å²) in [7, 11) is 0.